The number of aliphatic hydroxyl groups is 2. The molecule has 0 unspecified atom stereocenters. The van der Waals surface area contributed by atoms with Crippen LogP contribution in [0.5, 0.6) is 0 Å². The van der Waals surface area contributed by atoms with Crippen LogP contribution in [-0.2, 0) is 5.54 Å². The van der Waals surface area contributed by atoms with Gasteiger partial charge in [-0.05, 0) is 61.0 Å². The minimum atomic E-state index is -1.32. The maximum Gasteiger partial charge on any atom is 0.0976 e. The van der Waals surface area contributed by atoms with Gasteiger partial charge in [-0.3, -0.25) is 4.90 Å². The van der Waals surface area contributed by atoms with E-state index in [-0.39, 0.29) is 79.7 Å². The van der Waals surface area contributed by atoms with Crippen molar-refractivity contribution < 1.29 is 10.2 Å². The van der Waals surface area contributed by atoms with Crippen LogP contribution in [0.25, 0.3) is 0 Å². The lowest BCUT2D eigenvalue weighted by atomic mass is 9.75. The molecule has 4 atom stereocenters. The van der Waals surface area contributed by atoms with Crippen LogP contribution in [0.3, 0.4) is 0 Å². The van der Waals surface area contributed by atoms with Crippen molar-refractivity contribution in [1.29, 1.82) is 0 Å². The fraction of sp³-hybridized carbons (Fsp3) is 0.571. The second kappa shape index (κ2) is 22.8. The summed E-state index contributed by atoms with van der Waals surface area (Å²) in [7, 11) is -2.33. The van der Waals surface area contributed by atoms with Gasteiger partial charge in [0, 0.05) is 18.6 Å². The number of likely N-dealkylation sites (tertiary alicyclic amines) is 1. The lowest BCUT2D eigenvalue weighted by Gasteiger charge is -2.48. The van der Waals surface area contributed by atoms with Crippen molar-refractivity contribution in [2.45, 2.75) is 138 Å². The molecule has 0 radical (unpaired) electrons. The van der Waals surface area contributed by atoms with E-state index in [1.165, 1.54) is 79.4 Å². The Morgan fingerprint density at radius 1 is 0.615 bits per heavy atom. The SMILES string of the molecule is C.C[Si]1(C[C@@H](O)[C@@H]2CCCN2)CCCC1.C[Si]1(C[C@@H](O)[C@@H]2CCCN2C(c2ccccc2)(c2ccccc2)c2ccccc2)CCCC1.S.S.S.S. The van der Waals surface area contributed by atoms with Crippen molar-refractivity contribution in [3.8, 4) is 0 Å². The van der Waals surface area contributed by atoms with Crippen LogP contribution in [0, 0.1) is 0 Å². The highest BCUT2D eigenvalue weighted by Gasteiger charge is 2.49. The summed E-state index contributed by atoms with van der Waals surface area (Å²) in [6.07, 6.45) is 9.92. The minimum Gasteiger partial charge on any atom is -0.392 e. The quantitative estimate of drug-likeness (QED) is 0.141. The van der Waals surface area contributed by atoms with Crippen LogP contribution in [0.2, 0.25) is 49.4 Å². The van der Waals surface area contributed by atoms with Crippen molar-refractivity contribution in [1.82, 2.24) is 10.2 Å². The summed E-state index contributed by atoms with van der Waals surface area (Å²) in [4.78, 5) is 2.66. The van der Waals surface area contributed by atoms with Gasteiger partial charge in [-0.15, -0.1) is 0 Å². The van der Waals surface area contributed by atoms with Gasteiger partial charge in [-0.2, -0.15) is 54.0 Å². The molecule has 0 saturated carbocycles. The third-order valence-corrected chi connectivity index (χ3v) is 21.4. The summed E-state index contributed by atoms with van der Waals surface area (Å²) < 4.78 is 0. The van der Waals surface area contributed by atoms with E-state index in [0.717, 1.165) is 38.0 Å². The third-order valence-electron chi connectivity index (χ3n) is 12.3. The van der Waals surface area contributed by atoms with Gasteiger partial charge in [0.15, 0.2) is 0 Å². The Morgan fingerprint density at radius 3 is 1.40 bits per heavy atom. The van der Waals surface area contributed by atoms with E-state index in [1.807, 2.05) is 0 Å². The first-order valence-corrected chi connectivity index (χ1v) is 25.1. The first kappa shape index (κ1) is 49.4. The average molecular weight is 821 g/mol. The van der Waals surface area contributed by atoms with E-state index < -0.39 is 21.7 Å². The Hall–Kier alpha value is -0.666. The van der Waals surface area contributed by atoms with E-state index in [0.29, 0.717) is 6.04 Å². The normalized spacial score (nSPS) is 22.8. The van der Waals surface area contributed by atoms with Crippen LogP contribution in [0.4, 0.5) is 0 Å². The molecule has 4 fully saturated rings. The molecule has 0 aromatic heterocycles. The second-order valence-corrected chi connectivity index (χ2v) is 26.1. The molecule has 4 aliphatic heterocycles. The number of hydrogen-bond acceptors (Lipinski definition) is 4. The molecule has 4 aliphatic rings. The van der Waals surface area contributed by atoms with Gasteiger partial charge >= 0.3 is 0 Å². The molecule has 0 amide bonds. The molecule has 294 valence electrons. The van der Waals surface area contributed by atoms with Crippen molar-refractivity contribution in [2.75, 3.05) is 13.1 Å². The number of aliphatic hydroxyl groups excluding tert-OH is 2. The summed E-state index contributed by atoms with van der Waals surface area (Å²) in [6.45, 7) is 7.12. The maximum atomic E-state index is 11.7. The third kappa shape index (κ3) is 11.4. The van der Waals surface area contributed by atoms with Crippen molar-refractivity contribution in [3.05, 3.63) is 108 Å². The highest BCUT2D eigenvalue weighted by Crippen LogP contribution is 2.47. The second-order valence-electron chi connectivity index (χ2n) is 16.0. The number of nitrogens with one attached hydrogen (secondary N) is 1. The lowest BCUT2D eigenvalue weighted by molar-refractivity contribution is 0.0427. The van der Waals surface area contributed by atoms with Gasteiger partial charge in [0.25, 0.3) is 0 Å². The Morgan fingerprint density at radius 2 is 1.02 bits per heavy atom. The minimum absolute atomic E-state index is 0. The number of nitrogens with zero attached hydrogens (tertiary/aromatic N) is 1. The molecule has 52 heavy (non-hydrogen) atoms. The fourth-order valence-electron chi connectivity index (χ4n) is 9.84. The summed E-state index contributed by atoms with van der Waals surface area (Å²) >= 11 is 0. The smallest absolute Gasteiger partial charge is 0.0976 e. The van der Waals surface area contributed by atoms with Gasteiger partial charge in [0.1, 0.15) is 0 Å². The first-order valence-electron chi connectivity index (χ1n) is 18.9. The molecule has 3 N–H and O–H groups in total. The van der Waals surface area contributed by atoms with E-state index in [9.17, 15) is 10.2 Å². The predicted molar refractivity (Wildman–Crippen MR) is 251 cm³/mol. The maximum absolute atomic E-state index is 11.7. The molecule has 7 rings (SSSR count). The van der Waals surface area contributed by atoms with Crippen LogP contribution < -0.4 is 5.32 Å². The molecule has 10 heteroatoms. The van der Waals surface area contributed by atoms with Crippen LogP contribution in [0.15, 0.2) is 91.0 Å². The van der Waals surface area contributed by atoms with Crippen molar-refractivity contribution in [2.24, 2.45) is 0 Å². The number of benzene rings is 3. The summed E-state index contributed by atoms with van der Waals surface area (Å²) in [5.41, 5.74) is 3.44. The molecule has 0 bridgehead atoms. The molecular weight excluding hydrogens is 749 g/mol. The Labute approximate surface area is 347 Å². The van der Waals surface area contributed by atoms with Crippen molar-refractivity contribution in [3.63, 3.8) is 0 Å². The Kier molecular flexibility index (Phi) is 21.6. The van der Waals surface area contributed by atoms with E-state index in [2.05, 4.69) is 114 Å². The predicted octanol–water partition coefficient (Wildman–Crippen LogP) is 9.74. The zero-order valence-electron chi connectivity index (χ0n) is 31.1. The van der Waals surface area contributed by atoms with Crippen LogP contribution in [0.1, 0.15) is 75.5 Å². The van der Waals surface area contributed by atoms with Crippen LogP contribution >= 0.6 is 54.0 Å². The monoisotopic (exact) mass is 820 g/mol. The first-order chi connectivity index (χ1) is 22.8. The van der Waals surface area contributed by atoms with Gasteiger partial charge in [0.05, 0.1) is 33.9 Å². The fourth-order valence-corrected chi connectivity index (χ4v) is 18.1. The Bertz CT molecular complexity index is 1280. The van der Waals surface area contributed by atoms with Gasteiger partial charge in [-0.1, -0.05) is 161 Å². The summed E-state index contributed by atoms with van der Waals surface area (Å²) in [5.74, 6) is 0. The van der Waals surface area contributed by atoms with E-state index in [4.69, 9.17) is 0 Å². The molecule has 4 nitrogen and oxygen atoms in total. The molecule has 4 heterocycles. The van der Waals surface area contributed by atoms with Gasteiger partial charge < -0.3 is 15.5 Å². The topological polar surface area (TPSA) is 55.7 Å². The summed E-state index contributed by atoms with van der Waals surface area (Å²) in [5, 5.41) is 25.3. The molecule has 3 aromatic carbocycles. The number of hydrogen-bond donors (Lipinski definition) is 3. The van der Waals surface area contributed by atoms with E-state index in [1.54, 1.807) is 0 Å². The molecule has 3 aromatic rings. The van der Waals surface area contributed by atoms with E-state index >= 15 is 0 Å². The molecular formula is C42H72N2O2S4Si2. The summed E-state index contributed by atoms with van der Waals surface area (Å²) in [6, 6.07) is 41.4. The lowest BCUT2D eigenvalue weighted by Crippen LogP contribution is -2.54. The zero-order valence-corrected chi connectivity index (χ0v) is 37.1. The highest BCUT2D eigenvalue weighted by molar-refractivity contribution is 7.59. The van der Waals surface area contributed by atoms with Gasteiger partial charge in [-0.25, -0.2) is 0 Å². The average Bonchev–Trinajstić information content (AvgIpc) is 3.93. The van der Waals surface area contributed by atoms with Gasteiger partial charge in [0.2, 0.25) is 0 Å². The number of rotatable bonds is 10. The standard InChI is InChI=1S/C30H37NOSi.C11H23NOSi.CH4.4H2S/c1-33(22-11-12-23-33)24-29(32)28-20-13-21-31(28)30(25-14-5-2-6-15-25,26-16-7-3-8-17-26)27-18-9-4-10-19-27;1-14(7-2-3-8-14)9-11(13)10-5-4-6-12-10;;;;;/h2-10,14-19,28-29,32H,11-13,20-24H2,1H3;10-13H,2-9H2,1H3;1H4;4*1H2/t28-,29+;10-,11+;;;;;/m00...../s1. The molecule has 0 spiro atoms. The largest absolute Gasteiger partial charge is 0.392 e. The molecule has 4 saturated heterocycles. The van der Waals surface area contributed by atoms with Crippen molar-refractivity contribution >= 4 is 70.1 Å². The highest BCUT2D eigenvalue weighted by atomic mass is 32.1. The molecule has 0 aliphatic carbocycles. The zero-order chi connectivity index (χ0) is 32.7. The van der Waals surface area contributed by atoms with Crippen LogP contribution in [-0.4, -0.2) is 68.6 Å². The Balaban J connectivity index is 0.000000609.